The molecular weight excluding hydrogens is 252 g/mol. The number of ether oxygens (including phenoxy) is 1. The van der Waals surface area contributed by atoms with Gasteiger partial charge < -0.3 is 9.64 Å². The minimum atomic E-state index is -3.26. The summed E-state index contributed by atoms with van der Waals surface area (Å²) in [6, 6.07) is 3.26. The molecular formula is C12H18N2O3S. The Labute approximate surface area is 108 Å². The van der Waals surface area contributed by atoms with Crippen LogP contribution >= 0.6 is 0 Å². The van der Waals surface area contributed by atoms with Gasteiger partial charge >= 0.3 is 0 Å². The molecule has 1 aromatic heterocycles. The van der Waals surface area contributed by atoms with Crippen LogP contribution in [0, 0.1) is 0 Å². The molecule has 0 saturated carbocycles. The molecule has 5 nitrogen and oxygen atoms in total. The van der Waals surface area contributed by atoms with Gasteiger partial charge in [0.1, 0.15) is 10.7 Å². The minimum absolute atomic E-state index is 0.0851. The summed E-state index contributed by atoms with van der Waals surface area (Å²) in [6.45, 7) is 4.13. The van der Waals surface area contributed by atoms with Crippen LogP contribution in [0.2, 0.25) is 0 Å². The van der Waals surface area contributed by atoms with E-state index in [4.69, 9.17) is 4.74 Å². The summed E-state index contributed by atoms with van der Waals surface area (Å²) in [5.74, 6) is 0.539. The Morgan fingerprint density at radius 2 is 2.28 bits per heavy atom. The van der Waals surface area contributed by atoms with Gasteiger partial charge in [0.15, 0.2) is 9.84 Å². The van der Waals surface area contributed by atoms with E-state index in [0.717, 1.165) is 13.0 Å². The second-order valence-electron chi connectivity index (χ2n) is 4.58. The second kappa shape index (κ2) is 5.24. The monoisotopic (exact) mass is 270 g/mol. The molecule has 0 aliphatic carbocycles. The number of rotatable bonds is 2. The maximum atomic E-state index is 11.8. The SMILES string of the molecule is CC1CN(c2ncccc2S(C)(=O)=O)CCCO1. The largest absolute Gasteiger partial charge is 0.377 e. The molecule has 1 saturated heterocycles. The van der Waals surface area contributed by atoms with Crippen molar-refractivity contribution < 1.29 is 13.2 Å². The minimum Gasteiger partial charge on any atom is -0.377 e. The fourth-order valence-electron chi connectivity index (χ4n) is 2.10. The Morgan fingerprint density at radius 1 is 1.50 bits per heavy atom. The Kier molecular flexibility index (Phi) is 3.87. The van der Waals surface area contributed by atoms with Crippen molar-refractivity contribution in [3.63, 3.8) is 0 Å². The van der Waals surface area contributed by atoms with E-state index in [1.807, 2.05) is 11.8 Å². The molecule has 2 heterocycles. The first-order valence-corrected chi connectivity index (χ1v) is 7.89. The van der Waals surface area contributed by atoms with Crippen LogP contribution in [0.3, 0.4) is 0 Å². The van der Waals surface area contributed by atoms with Crippen LogP contribution in [0.15, 0.2) is 23.2 Å². The summed E-state index contributed by atoms with van der Waals surface area (Å²) in [5, 5.41) is 0. The fourth-order valence-corrected chi connectivity index (χ4v) is 2.93. The number of pyridine rings is 1. The predicted molar refractivity (Wildman–Crippen MR) is 69.6 cm³/mol. The van der Waals surface area contributed by atoms with Gasteiger partial charge in [0, 0.05) is 32.1 Å². The van der Waals surface area contributed by atoms with Gasteiger partial charge in [-0.2, -0.15) is 0 Å². The first-order chi connectivity index (χ1) is 8.48. The smallest absolute Gasteiger partial charge is 0.179 e. The van der Waals surface area contributed by atoms with Gasteiger partial charge in [-0.05, 0) is 25.5 Å². The quantitative estimate of drug-likeness (QED) is 0.805. The average Bonchev–Trinajstić information content (AvgIpc) is 2.53. The van der Waals surface area contributed by atoms with E-state index in [1.54, 1.807) is 18.3 Å². The molecule has 18 heavy (non-hydrogen) atoms. The van der Waals surface area contributed by atoms with Gasteiger partial charge in [0.2, 0.25) is 0 Å². The molecule has 0 aromatic carbocycles. The highest BCUT2D eigenvalue weighted by Crippen LogP contribution is 2.23. The van der Waals surface area contributed by atoms with E-state index < -0.39 is 9.84 Å². The van der Waals surface area contributed by atoms with Crippen LogP contribution in [0.25, 0.3) is 0 Å². The van der Waals surface area contributed by atoms with Crippen molar-refractivity contribution in [1.82, 2.24) is 4.98 Å². The third-order valence-corrected chi connectivity index (χ3v) is 4.02. The molecule has 0 radical (unpaired) electrons. The summed E-state index contributed by atoms with van der Waals surface area (Å²) in [6.07, 6.45) is 3.80. The number of anilines is 1. The highest BCUT2D eigenvalue weighted by Gasteiger charge is 2.22. The normalized spacial score (nSPS) is 21.7. The molecule has 0 spiro atoms. The van der Waals surface area contributed by atoms with Crippen molar-refractivity contribution in [3.8, 4) is 0 Å². The molecule has 1 aromatic rings. The topological polar surface area (TPSA) is 59.5 Å². The van der Waals surface area contributed by atoms with Crippen LogP contribution < -0.4 is 4.90 Å². The molecule has 0 amide bonds. The van der Waals surface area contributed by atoms with Crippen LogP contribution in [-0.4, -0.2) is 45.5 Å². The highest BCUT2D eigenvalue weighted by molar-refractivity contribution is 7.90. The van der Waals surface area contributed by atoms with Gasteiger partial charge in [-0.25, -0.2) is 13.4 Å². The van der Waals surface area contributed by atoms with Crippen molar-refractivity contribution in [1.29, 1.82) is 0 Å². The standard InChI is InChI=1S/C12H18N2O3S/c1-10-9-14(7-4-8-17-10)12-11(18(2,15)16)5-3-6-13-12/h3,5-6,10H,4,7-9H2,1-2H3. The summed E-state index contributed by atoms with van der Waals surface area (Å²) >= 11 is 0. The van der Waals surface area contributed by atoms with Crippen LogP contribution in [0.1, 0.15) is 13.3 Å². The number of sulfone groups is 1. The third-order valence-electron chi connectivity index (χ3n) is 2.90. The fraction of sp³-hybridized carbons (Fsp3) is 0.583. The maximum absolute atomic E-state index is 11.8. The average molecular weight is 270 g/mol. The van der Waals surface area contributed by atoms with E-state index in [9.17, 15) is 8.42 Å². The lowest BCUT2D eigenvalue weighted by atomic mass is 10.3. The Morgan fingerprint density at radius 3 is 3.00 bits per heavy atom. The van der Waals surface area contributed by atoms with Crippen molar-refractivity contribution in [2.75, 3.05) is 30.9 Å². The van der Waals surface area contributed by atoms with Gasteiger partial charge in [0.25, 0.3) is 0 Å². The molecule has 1 atom stereocenters. The maximum Gasteiger partial charge on any atom is 0.179 e. The molecule has 100 valence electrons. The van der Waals surface area contributed by atoms with Gasteiger partial charge in [0.05, 0.1) is 6.10 Å². The third kappa shape index (κ3) is 3.00. The zero-order valence-corrected chi connectivity index (χ0v) is 11.5. The lowest BCUT2D eigenvalue weighted by molar-refractivity contribution is 0.0820. The predicted octanol–water partition coefficient (Wildman–Crippen LogP) is 1.10. The summed E-state index contributed by atoms with van der Waals surface area (Å²) in [5.41, 5.74) is 0. The van der Waals surface area contributed by atoms with Crippen LogP contribution in [0.5, 0.6) is 0 Å². The molecule has 6 heteroatoms. The van der Waals surface area contributed by atoms with Gasteiger partial charge in [-0.1, -0.05) is 0 Å². The summed E-state index contributed by atoms with van der Waals surface area (Å²) < 4.78 is 29.1. The van der Waals surface area contributed by atoms with E-state index in [0.29, 0.717) is 23.9 Å². The van der Waals surface area contributed by atoms with Crippen LogP contribution in [0.4, 0.5) is 5.82 Å². The Bertz CT molecular complexity index is 516. The number of hydrogen-bond donors (Lipinski definition) is 0. The Balaban J connectivity index is 2.38. The zero-order chi connectivity index (χ0) is 13.2. The molecule has 1 aliphatic heterocycles. The first-order valence-electron chi connectivity index (χ1n) is 6.00. The van der Waals surface area contributed by atoms with Crippen molar-refractivity contribution in [3.05, 3.63) is 18.3 Å². The molecule has 1 fully saturated rings. The van der Waals surface area contributed by atoms with Gasteiger partial charge in [-0.3, -0.25) is 0 Å². The molecule has 2 rings (SSSR count). The lowest BCUT2D eigenvalue weighted by Crippen LogP contribution is -2.32. The molecule has 1 unspecified atom stereocenters. The van der Waals surface area contributed by atoms with Crippen molar-refractivity contribution in [2.24, 2.45) is 0 Å². The Hall–Kier alpha value is -1.14. The number of hydrogen-bond acceptors (Lipinski definition) is 5. The van der Waals surface area contributed by atoms with Crippen molar-refractivity contribution in [2.45, 2.75) is 24.3 Å². The van der Waals surface area contributed by atoms with Crippen LogP contribution in [-0.2, 0) is 14.6 Å². The van der Waals surface area contributed by atoms with Gasteiger partial charge in [-0.15, -0.1) is 0 Å². The zero-order valence-electron chi connectivity index (χ0n) is 10.7. The van der Waals surface area contributed by atoms with E-state index in [1.165, 1.54) is 6.26 Å². The lowest BCUT2D eigenvalue weighted by Gasteiger charge is -2.24. The number of nitrogens with zero attached hydrogens (tertiary/aromatic N) is 2. The van der Waals surface area contributed by atoms with E-state index in [2.05, 4.69) is 4.98 Å². The highest BCUT2D eigenvalue weighted by atomic mass is 32.2. The molecule has 0 N–H and O–H groups in total. The van der Waals surface area contributed by atoms with E-state index >= 15 is 0 Å². The number of aromatic nitrogens is 1. The second-order valence-corrected chi connectivity index (χ2v) is 6.56. The summed E-state index contributed by atoms with van der Waals surface area (Å²) in [7, 11) is -3.26. The molecule has 0 bridgehead atoms. The van der Waals surface area contributed by atoms with E-state index in [-0.39, 0.29) is 6.10 Å². The summed E-state index contributed by atoms with van der Waals surface area (Å²) in [4.78, 5) is 6.52. The van der Waals surface area contributed by atoms with Crippen molar-refractivity contribution >= 4 is 15.7 Å². The molecule has 1 aliphatic rings. The first kappa shape index (κ1) is 13.3.